The lowest BCUT2D eigenvalue weighted by Crippen LogP contribution is -2.34. The molecule has 0 spiro atoms. The standard InChI is InChI=1S/C33H39N/c1-27-16-12-15-24-32(27)33-25-11-4-8-21-30(33)26-34(31-22-9-5-10-23-31)28(2)17-13-14-20-29-18-6-3-7-19-29/h3-6,8-17,22-25,29-30,32-33H,1,7,18-21,26H2,2H3/b14-13-,28-17+. The molecular formula is C33H39N. The Bertz CT molecular complexity index is 1010. The van der Waals surface area contributed by atoms with Gasteiger partial charge in [0.15, 0.2) is 0 Å². The van der Waals surface area contributed by atoms with Crippen molar-refractivity contribution in [3.05, 3.63) is 127 Å². The average Bonchev–Trinajstić information content (AvgIpc) is 3.12. The van der Waals surface area contributed by atoms with E-state index in [0.29, 0.717) is 17.8 Å². The highest BCUT2D eigenvalue weighted by Crippen LogP contribution is 2.36. The van der Waals surface area contributed by atoms with Crippen molar-refractivity contribution in [2.24, 2.45) is 23.7 Å². The zero-order valence-corrected chi connectivity index (χ0v) is 20.6. The molecule has 0 saturated heterocycles. The molecule has 0 heterocycles. The van der Waals surface area contributed by atoms with Crippen molar-refractivity contribution in [3.8, 4) is 0 Å². The summed E-state index contributed by atoms with van der Waals surface area (Å²) < 4.78 is 0. The monoisotopic (exact) mass is 449 g/mol. The van der Waals surface area contributed by atoms with Crippen LogP contribution < -0.4 is 4.90 Å². The molecule has 0 radical (unpaired) electrons. The van der Waals surface area contributed by atoms with Crippen LogP contribution in [0.25, 0.3) is 0 Å². The number of rotatable bonds is 8. The van der Waals surface area contributed by atoms with Crippen LogP contribution in [-0.4, -0.2) is 6.54 Å². The van der Waals surface area contributed by atoms with E-state index in [-0.39, 0.29) is 0 Å². The molecule has 0 N–H and O–H groups in total. The van der Waals surface area contributed by atoms with Crippen molar-refractivity contribution in [1.29, 1.82) is 0 Å². The summed E-state index contributed by atoms with van der Waals surface area (Å²) in [5.74, 6) is 2.08. The molecule has 4 unspecified atom stereocenters. The number of benzene rings is 1. The molecule has 0 fully saturated rings. The fourth-order valence-corrected chi connectivity index (χ4v) is 5.36. The van der Waals surface area contributed by atoms with Gasteiger partial charge in [-0.3, -0.25) is 0 Å². The van der Waals surface area contributed by atoms with E-state index in [4.69, 9.17) is 0 Å². The van der Waals surface area contributed by atoms with E-state index >= 15 is 0 Å². The maximum absolute atomic E-state index is 4.37. The highest BCUT2D eigenvalue weighted by atomic mass is 15.1. The smallest absolute Gasteiger partial charge is 0.0408 e. The second kappa shape index (κ2) is 12.4. The van der Waals surface area contributed by atoms with Crippen molar-refractivity contribution in [2.45, 2.75) is 39.0 Å². The lowest BCUT2D eigenvalue weighted by Gasteiger charge is -2.36. The first kappa shape index (κ1) is 24.1. The Morgan fingerprint density at radius 2 is 1.85 bits per heavy atom. The maximum Gasteiger partial charge on any atom is 0.0408 e. The molecule has 4 atom stereocenters. The van der Waals surface area contributed by atoms with Crippen LogP contribution in [0.15, 0.2) is 127 Å². The Kier molecular flexibility index (Phi) is 8.79. The van der Waals surface area contributed by atoms with Crippen LogP contribution in [0, 0.1) is 23.7 Å². The first-order chi connectivity index (χ1) is 16.7. The van der Waals surface area contributed by atoms with Crippen molar-refractivity contribution in [1.82, 2.24) is 0 Å². The summed E-state index contributed by atoms with van der Waals surface area (Å²) in [7, 11) is 0. The highest BCUT2D eigenvalue weighted by Gasteiger charge is 2.30. The minimum Gasteiger partial charge on any atom is -0.345 e. The van der Waals surface area contributed by atoms with E-state index in [2.05, 4.69) is 128 Å². The second-order valence-electron chi connectivity index (χ2n) is 9.80. The van der Waals surface area contributed by atoms with Crippen molar-refractivity contribution in [3.63, 3.8) is 0 Å². The van der Waals surface area contributed by atoms with Crippen LogP contribution in [0.2, 0.25) is 0 Å². The summed E-state index contributed by atoms with van der Waals surface area (Å²) in [5, 5.41) is 0. The first-order valence-electron chi connectivity index (χ1n) is 12.9. The Balaban J connectivity index is 1.53. The number of anilines is 1. The molecule has 0 aromatic heterocycles. The van der Waals surface area contributed by atoms with Gasteiger partial charge in [0.1, 0.15) is 0 Å². The van der Waals surface area contributed by atoms with Gasteiger partial charge in [-0.2, -0.15) is 0 Å². The molecule has 1 heteroatoms. The zero-order valence-electron chi connectivity index (χ0n) is 20.6. The molecule has 0 amide bonds. The number of para-hydroxylation sites is 1. The summed E-state index contributed by atoms with van der Waals surface area (Å²) in [4.78, 5) is 2.50. The van der Waals surface area contributed by atoms with Crippen LogP contribution in [0.1, 0.15) is 39.0 Å². The normalized spacial score (nSPS) is 26.9. The van der Waals surface area contributed by atoms with Gasteiger partial charge in [0, 0.05) is 23.8 Å². The lowest BCUT2D eigenvalue weighted by molar-refractivity contribution is 0.355. The molecule has 1 aromatic rings. The lowest BCUT2D eigenvalue weighted by atomic mass is 9.75. The minimum atomic E-state index is 0.359. The number of hydrogen-bond acceptors (Lipinski definition) is 1. The molecule has 3 aliphatic rings. The summed E-state index contributed by atoms with van der Waals surface area (Å²) >= 11 is 0. The van der Waals surface area contributed by atoms with E-state index in [9.17, 15) is 0 Å². The molecule has 34 heavy (non-hydrogen) atoms. The van der Waals surface area contributed by atoms with E-state index < -0.39 is 0 Å². The molecule has 3 aliphatic carbocycles. The van der Waals surface area contributed by atoms with Gasteiger partial charge in [0.25, 0.3) is 0 Å². The Labute approximate surface area is 207 Å². The summed E-state index contributed by atoms with van der Waals surface area (Å²) in [5.41, 5.74) is 3.76. The van der Waals surface area contributed by atoms with Crippen LogP contribution >= 0.6 is 0 Å². The molecular weight excluding hydrogens is 410 g/mol. The van der Waals surface area contributed by atoms with Crippen LogP contribution in [-0.2, 0) is 0 Å². The number of hydrogen-bond donors (Lipinski definition) is 0. The molecule has 0 bridgehead atoms. The van der Waals surface area contributed by atoms with Gasteiger partial charge in [-0.25, -0.2) is 0 Å². The van der Waals surface area contributed by atoms with Gasteiger partial charge in [0.05, 0.1) is 0 Å². The van der Waals surface area contributed by atoms with Gasteiger partial charge in [-0.1, -0.05) is 97.7 Å². The fourth-order valence-electron chi connectivity index (χ4n) is 5.36. The molecule has 0 saturated carbocycles. The van der Waals surface area contributed by atoms with E-state index in [1.54, 1.807) is 0 Å². The molecule has 1 nitrogen and oxygen atoms in total. The minimum absolute atomic E-state index is 0.359. The quantitative estimate of drug-likeness (QED) is 0.283. The summed E-state index contributed by atoms with van der Waals surface area (Å²) in [6, 6.07) is 10.8. The van der Waals surface area contributed by atoms with Crippen molar-refractivity contribution < 1.29 is 0 Å². The Hall–Kier alpha value is -3.06. The fraction of sp³-hybridized carbons (Fsp3) is 0.333. The predicted octanol–water partition coefficient (Wildman–Crippen LogP) is 8.75. The van der Waals surface area contributed by atoms with Crippen LogP contribution in [0.4, 0.5) is 5.69 Å². The highest BCUT2D eigenvalue weighted by molar-refractivity contribution is 5.52. The van der Waals surface area contributed by atoms with Gasteiger partial charge < -0.3 is 4.90 Å². The van der Waals surface area contributed by atoms with Gasteiger partial charge in [-0.05, 0) is 80.6 Å². The average molecular weight is 450 g/mol. The molecule has 4 rings (SSSR count). The van der Waals surface area contributed by atoms with E-state index in [1.807, 2.05) is 0 Å². The molecule has 0 aliphatic heterocycles. The topological polar surface area (TPSA) is 3.24 Å². The third kappa shape index (κ3) is 6.50. The maximum atomic E-state index is 4.37. The third-order valence-corrected chi connectivity index (χ3v) is 7.38. The Morgan fingerprint density at radius 3 is 2.65 bits per heavy atom. The third-order valence-electron chi connectivity index (χ3n) is 7.38. The Morgan fingerprint density at radius 1 is 1.00 bits per heavy atom. The zero-order chi connectivity index (χ0) is 23.6. The van der Waals surface area contributed by atoms with E-state index in [0.717, 1.165) is 18.9 Å². The van der Waals surface area contributed by atoms with Gasteiger partial charge in [-0.15, -0.1) is 0 Å². The van der Waals surface area contributed by atoms with Crippen molar-refractivity contribution >= 4 is 5.69 Å². The van der Waals surface area contributed by atoms with Crippen molar-refractivity contribution in [2.75, 3.05) is 11.4 Å². The first-order valence-corrected chi connectivity index (χ1v) is 12.9. The van der Waals surface area contributed by atoms with Crippen LogP contribution in [0.3, 0.4) is 0 Å². The predicted molar refractivity (Wildman–Crippen MR) is 149 cm³/mol. The van der Waals surface area contributed by atoms with Crippen LogP contribution in [0.5, 0.6) is 0 Å². The SMILES string of the molecule is C=C1C=CC=CC1C1C=CC=CCC1CN(/C(C)=C/C=C\CC1CC=CCC1)c1ccccc1. The number of allylic oxidation sites excluding steroid dienone is 15. The van der Waals surface area contributed by atoms with E-state index in [1.165, 1.54) is 42.6 Å². The summed E-state index contributed by atoms with van der Waals surface area (Å²) in [6.45, 7) is 7.60. The second-order valence-corrected chi connectivity index (χ2v) is 9.80. The summed E-state index contributed by atoms with van der Waals surface area (Å²) in [6.07, 6.45) is 35.5. The van der Waals surface area contributed by atoms with Gasteiger partial charge in [0.2, 0.25) is 0 Å². The largest absolute Gasteiger partial charge is 0.345 e. The number of nitrogens with zero attached hydrogens (tertiary/aromatic N) is 1. The molecule has 176 valence electrons. The van der Waals surface area contributed by atoms with Gasteiger partial charge >= 0.3 is 0 Å². The molecule has 1 aromatic carbocycles.